The summed E-state index contributed by atoms with van der Waals surface area (Å²) in [5, 5.41) is 10.3. The van der Waals surface area contributed by atoms with E-state index >= 15 is 0 Å². The number of ether oxygens (including phenoxy) is 1. The molecular formula is C20H24N6O3. The fourth-order valence-electron chi connectivity index (χ4n) is 3.71. The highest BCUT2D eigenvalue weighted by Gasteiger charge is 2.24. The number of benzene rings is 1. The Hall–Kier alpha value is -3.23. The standard InChI is InChI=1S/C20H24N6O3/c1-28-16-5-3-2-4-15(16)12-14-8-10-26(11-9-14)18(27)7-6-17-23-20(25-29-17)19-21-13-22-24-19/h2-5,13-14H,6-12H2,1H3,(H,21,22,24). The Labute approximate surface area is 168 Å². The van der Waals surface area contributed by atoms with Crippen LogP contribution in [-0.4, -0.2) is 56.3 Å². The lowest BCUT2D eigenvalue weighted by molar-refractivity contribution is -0.132. The molecule has 1 amide bonds. The molecule has 0 aliphatic carbocycles. The van der Waals surface area contributed by atoms with Crippen LogP contribution in [0.4, 0.5) is 0 Å². The van der Waals surface area contributed by atoms with E-state index < -0.39 is 0 Å². The Balaban J connectivity index is 1.24. The number of carbonyl (C=O) groups is 1. The topological polar surface area (TPSA) is 110 Å². The molecule has 0 spiro atoms. The number of carbonyl (C=O) groups excluding carboxylic acids is 1. The molecule has 2 aromatic heterocycles. The predicted octanol–water partition coefficient (Wildman–Crippen LogP) is 2.28. The molecule has 152 valence electrons. The van der Waals surface area contributed by atoms with Crippen LogP contribution in [0.1, 0.15) is 30.7 Å². The van der Waals surface area contributed by atoms with E-state index in [4.69, 9.17) is 9.26 Å². The van der Waals surface area contributed by atoms with Crippen molar-refractivity contribution in [2.24, 2.45) is 5.92 Å². The molecule has 0 radical (unpaired) electrons. The molecule has 1 fully saturated rings. The molecule has 1 N–H and O–H groups in total. The molecule has 9 nitrogen and oxygen atoms in total. The van der Waals surface area contributed by atoms with Crippen molar-refractivity contribution in [3.63, 3.8) is 0 Å². The van der Waals surface area contributed by atoms with Crippen molar-refractivity contribution in [3.05, 3.63) is 42.0 Å². The molecule has 3 aromatic rings. The average molecular weight is 396 g/mol. The van der Waals surface area contributed by atoms with Gasteiger partial charge in [0.1, 0.15) is 12.1 Å². The van der Waals surface area contributed by atoms with Gasteiger partial charge in [-0.3, -0.25) is 9.89 Å². The normalized spacial score (nSPS) is 14.9. The smallest absolute Gasteiger partial charge is 0.239 e. The Morgan fingerprint density at radius 3 is 2.90 bits per heavy atom. The molecule has 0 saturated carbocycles. The fraction of sp³-hybridized carbons (Fsp3) is 0.450. The van der Waals surface area contributed by atoms with E-state index in [2.05, 4.69) is 31.4 Å². The van der Waals surface area contributed by atoms with Crippen LogP contribution in [0.3, 0.4) is 0 Å². The number of aryl methyl sites for hydroxylation is 1. The van der Waals surface area contributed by atoms with Crippen LogP contribution in [0.15, 0.2) is 35.1 Å². The number of para-hydroxylation sites is 1. The minimum atomic E-state index is 0.125. The molecule has 0 unspecified atom stereocenters. The maximum absolute atomic E-state index is 12.6. The average Bonchev–Trinajstić information content (AvgIpc) is 3.45. The lowest BCUT2D eigenvalue weighted by Gasteiger charge is -2.32. The molecule has 0 bridgehead atoms. The second kappa shape index (κ2) is 8.85. The highest BCUT2D eigenvalue weighted by Crippen LogP contribution is 2.27. The summed E-state index contributed by atoms with van der Waals surface area (Å²) in [5.41, 5.74) is 1.23. The minimum absolute atomic E-state index is 0.125. The summed E-state index contributed by atoms with van der Waals surface area (Å²) in [5.74, 6) is 2.85. The molecule has 9 heteroatoms. The van der Waals surface area contributed by atoms with Gasteiger partial charge in [0.25, 0.3) is 0 Å². The first-order valence-corrected chi connectivity index (χ1v) is 9.81. The van der Waals surface area contributed by atoms with Crippen LogP contribution in [0.25, 0.3) is 11.6 Å². The number of amides is 1. The Bertz CT molecular complexity index is 931. The molecule has 1 aromatic carbocycles. The first-order valence-electron chi connectivity index (χ1n) is 9.81. The van der Waals surface area contributed by atoms with Gasteiger partial charge in [-0.25, -0.2) is 4.98 Å². The maximum Gasteiger partial charge on any atom is 0.239 e. The van der Waals surface area contributed by atoms with Crippen LogP contribution in [0, 0.1) is 5.92 Å². The largest absolute Gasteiger partial charge is 0.496 e. The Morgan fingerprint density at radius 2 is 2.14 bits per heavy atom. The molecular weight excluding hydrogens is 372 g/mol. The number of nitrogens with one attached hydrogen (secondary N) is 1. The number of aromatic nitrogens is 5. The van der Waals surface area contributed by atoms with Crippen LogP contribution in [0.5, 0.6) is 5.75 Å². The van der Waals surface area contributed by atoms with E-state index in [-0.39, 0.29) is 5.91 Å². The first kappa shape index (κ1) is 19.1. The van der Waals surface area contributed by atoms with Crippen molar-refractivity contribution in [1.82, 2.24) is 30.2 Å². The quantitative estimate of drug-likeness (QED) is 0.652. The zero-order valence-corrected chi connectivity index (χ0v) is 16.4. The summed E-state index contributed by atoms with van der Waals surface area (Å²) in [4.78, 5) is 22.7. The molecule has 0 atom stereocenters. The van der Waals surface area contributed by atoms with Gasteiger partial charge in [0.05, 0.1) is 7.11 Å². The molecule has 29 heavy (non-hydrogen) atoms. The predicted molar refractivity (Wildman–Crippen MR) is 104 cm³/mol. The third-order valence-corrected chi connectivity index (χ3v) is 5.32. The van der Waals surface area contributed by atoms with Crippen molar-refractivity contribution < 1.29 is 14.1 Å². The number of hydrogen-bond acceptors (Lipinski definition) is 7. The molecule has 1 saturated heterocycles. The lowest BCUT2D eigenvalue weighted by atomic mass is 9.89. The Morgan fingerprint density at radius 1 is 1.31 bits per heavy atom. The minimum Gasteiger partial charge on any atom is -0.496 e. The summed E-state index contributed by atoms with van der Waals surface area (Å²) in [6.07, 6.45) is 5.14. The van der Waals surface area contributed by atoms with E-state index in [0.29, 0.717) is 36.3 Å². The third kappa shape index (κ3) is 4.61. The van der Waals surface area contributed by atoms with Gasteiger partial charge in [0.2, 0.25) is 17.6 Å². The summed E-state index contributed by atoms with van der Waals surface area (Å²) in [6.45, 7) is 1.57. The van der Waals surface area contributed by atoms with Gasteiger partial charge in [0.15, 0.2) is 5.82 Å². The van der Waals surface area contributed by atoms with Crippen LogP contribution in [-0.2, 0) is 17.6 Å². The van der Waals surface area contributed by atoms with Crippen molar-refractivity contribution >= 4 is 5.91 Å². The Kier molecular flexibility index (Phi) is 5.83. The van der Waals surface area contributed by atoms with Crippen molar-refractivity contribution in [3.8, 4) is 17.4 Å². The maximum atomic E-state index is 12.6. The number of H-pyrrole nitrogens is 1. The molecule has 4 rings (SSSR count). The summed E-state index contributed by atoms with van der Waals surface area (Å²) in [7, 11) is 1.71. The van der Waals surface area contributed by atoms with Crippen molar-refractivity contribution in [2.45, 2.75) is 32.1 Å². The first-order chi connectivity index (χ1) is 14.2. The SMILES string of the molecule is COc1ccccc1CC1CCN(C(=O)CCc2nc(-c3ncn[nH]3)no2)CC1. The summed E-state index contributed by atoms with van der Waals surface area (Å²) >= 11 is 0. The second-order valence-corrected chi connectivity index (χ2v) is 7.19. The van der Waals surface area contributed by atoms with E-state index in [9.17, 15) is 4.79 Å². The van der Waals surface area contributed by atoms with Gasteiger partial charge in [-0.15, -0.1) is 0 Å². The fourth-order valence-corrected chi connectivity index (χ4v) is 3.71. The highest BCUT2D eigenvalue weighted by atomic mass is 16.5. The van der Waals surface area contributed by atoms with Crippen LogP contribution in [0.2, 0.25) is 0 Å². The van der Waals surface area contributed by atoms with Gasteiger partial charge >= 0.3 is 0 Å². The monoisotopic (exact) mass is 396 g/mol. The number of aromatic amines is 1. The molecule has 3 heterocycles. The van der Waals surface area contributed by atoms with E-state index in [1.54, 1.807) is 7.11 Å². The van der Waals surface area contributed by atoms with E-state index in [1.165, 1.54) is 11.9 Å². The second-order valence-electron chi connectivity index (χ2n) is 7.19. The zero-order chi connectivity index (χ0) is 20.1. The number of rotatable bonds is 7. The summed E-state index contributed by atoms with van der Waals surface area (Å²) in [6, 6.07) is 8.15. The van der Waals surface area contributed by atoms with E-state index in [1.807, 2.05) is 23.1 Å². The van der Waals surface area contributed by atoms with Crippen LogP contribution >= 0.6 is 0 Å². The van der Waals surface area contributed by atoms with Gasteiger partial charge in [-0.2, -0.15) is 10.1 Å². The van der Waals surface area contributed by atoms with Crippen molar-refractivity contribution in [2.75, 3.05) is 20.2 Å². The van der Waals surface area contributed by atoms with Crippen molar-refractivity contribution in [1.29, 1.82) is 0 Å². The third-order valence-electron chi connectivity index (χ3n) is 5.32. The molecule has 1 aliphatic rings. The summed E-state index contributed by atoms with van der Waals surface area (Å²) < 4.78 is 10.7. The highest BCUT2D eigenvalue weighted by molar-refractivity contribution is 5.76. The van der Waals surface area contributed by atoms with Gasteiger partial charge in [-0.1, -0.05) is 23.4 Å². The number of methoxy groups -OCH3 is 1. The van der Waals surface area contributed by atoms with E-state index in [0.717, 1.165) is 38.1 Å². The lowest BCUT2D eigenvalue weighted by Crippen LogP contribution is -2.39. The van der Waals surface area contributed by atoms with Gasteiger partial charge in [0, 0.05) is 25.9 Å². The number of likely N-dealkylation sites (tertiary alicyclic amines) is 1. The van der Waals surface area contributed by atoms with Gasteiger partial charge in [-0.05, 0) is 36.8 Å². The number of nitrogens with zero attached hydrogens (tertiary/aromatic N) is 5. The zero-order valence-electron chi connectivity index (χ0n) is 16.4. The number of hydrogen-bond donors (Lipinski definition) is 1. The van der Waals surface area contributed by atoms with Gasteiger partial charge < -0.3 is 14.2 Å². The number of piperidine rings is 1. The molecule has 1 aliphatic heterocycles. The van der Waals surface area contributed by atoms with Crippen LogP contribution < -0.4 is 4.74 Å².